The Balaban J connectivity index is 1.21. The van der Waals surface area contributed by atoms with Crippen LogP contribution in [0.3, 0.4) is 0 Å². The first-order chi connectivity index (χ1) is 24.8. The molecular formula is C45H27N3OS. The number of thiophene rings is 1. The van der Waals surface area contributed by atoms with Gasteiger partial charge >= 0.3 is 0 Å². The molecule has 0 aliphatic heterocycles. The maximum absolute atomic E-state index is 6.78. The van der Waals surface area contributed by atoms with E-state index in [2.05, 4.69) is 114 Å². The average molecular weight is 658 g/mol. The monoisotopic (exact) mass is 657 g/mol. The van der Waals surface area contributed by atoms with Gasteiger partial charge in [0.2, 0.25) is 0 Å². The number of hydrogen-bond acceptors (Lipinski definition) is 5. The zero-order valence-corrected chi connectivity index (χ0v) is 27.6. The minimum Gasteiger partial charge on any atom is -0.455 e. The topological polar surface area (TPSA) is 51.8 Å². The molecule has 0 aliphatic rings. The molecule has 10 rings (SSSR count). The van der Waals surface area contributed by atoms with Crippen molar-refractivity contribution in [3.8, 4) is 56.3 Å². The van der Waals surface area contributed by atoms with Gasteiger partial charge in [0.05, 0.1) is 17.1 Å². The number of furan rings is 1. The van der Waals surface area contributed by atoms with Crippen LogP contribution in [0.4, 0.5) is 0 Å². The Labute approximate surface area is 292 Å². The van der Waals surface area contributed by atoms with Crippen molar-refractivity contribution < 1.29 is 4.42 Å². The summed E-state index contributed by atoms with van der Waals surface area (Å²) in [5.74, 6) is 0.673. The number of para-hydroxylation sites is 1. The van der Waals surface area contributed by atoms with Crippen molar-refractivity contribution in [2.24, 2.45) is 0 Å². The van der Waals surface area contributed by atoms with Gasteiger partial charge in [0.25, 0.3) is 0 Å². The second-order valence-corrected chi connectivity index (χ2v) is 13.4. The summed E-state index contributed by atoms with van der Waals surface area (Å²) in [5.41, 5.74) is 10.6. The van der Waals surface area contributed by atoms with E-state index in [1.54, 1.807) is 0 Å². The fourth-order valence-electron chi connectivity index (χ4n) is 7.05. The molecule has 0 saturated heterocycles. The molecule has 0 fully saturated rings. The Kier molecular flexibility index (Phi) is 6.64. The quantitative estimate of drug-likeness (QED) is 0.185. The second-order valence-electron chi connectivity index (χ2n) is 12.4. The van der Waals surface area contributed by atoms with Crippen molar-refractivity contribution in [3.05, 3.63) is 164 Å². The predicted octanol–water partition coefficient (Wildman–Crippen LogP) is 12.5. The number of nitrogens with zero attached hydrogens (tertiary/aromatic N) is 3. The van der Waals surface area contributed by atoms with Gasteiger partial charge in [0.15, 0.2) is 5.82 Å². The standard InChI is InChI=1S/C45H27N3OS/c1-2-11-30(12-3-1)45-47-37(29-22-20-28(21-23-29)36-16-8-9-26-46-36)27-38(48-45)33-25-24-32(44-43(33)34-13-4-6-17-39(34)49-44)31-15-10-19-41-42(31)35-14-5-7-18-40(35)50-41/h1-27H. The molecule has 0 unspecified atom stereocenters. The summed E-state index contributed by atoms with van der Waals surface area (Å²) in [6.07, 6.45) is 1.82. The van der Waals surface area contributed by atoms with E-state index >= 15 is 0 Å². The minimum absolute atomic E-state index is 0.673. The van der Waals surface area contributed by atoms with Crippen LogP contribution in [0.25, 0.3) is 98.4 Å². The van der Waals surface area contributed by atoms with Crippen LogP contribution < -0.4 is 0 Å². The fraction of sp³-hybridized carbons (Fsp3) is 0. The van der Waals surface area contributed by atoms with Crippen molar-refractivity contribution in [2.75, 3.05) is 0 Å². The molecule has 0 N–H and O–H groups in total. The van der Waals surface area contributed by atoms with Crippen LogP contribution in [0.5, 0.6) is 0 Å². The number of rotatable bonds is 5. The summed E-state index contributed by atoms with van der Waals surface area (Å²) < 4.78 is 9.32. The molecule has 50 heavy (non-hydrogen) atoms. The van der Waals surface area contributed by atoms with Crippen LogP contribution in [0.15, 0.2) is 168 Å². The highest BCUT2D eigenvalue weighted by atomic mass is 32.1. The lowest BCUT2D eigenvalue weighted by Crippen LogP contribution is -1.96. The van der Waals surface area contributed by atoms with Crippen LogP contribution in [-0.2, 0) is 0 Å². The predicted molar refractivity (Wildman–Crippen MR) is 207 cm³/mol. The van der Waals surface area contributed by atoms with E-state index in [4.69, 9.17) is 14.4 Å². The van der Waals surface area contributed by atoms with Crippen molar-refractivity contribution in [1.29, 1.82) is 0 Å². The van der Waals surface area contributed by atoms with E-state index in [1.807, 2.05) is 66.1 Å². The smallest absolute Gasteiger partial charge is 0.160 e. The highest BCUT2D eigenvalue weighted by Crippen LogP contribution is 2.46. The maximum atomic E-state index is 6.78. The van der Waals surface area contributed by atoms with Crippen molar-refractivity contribution >= 4 is 53.4 Å². The van der Waals surface area contributed by atoms with Gasteiger partial charge in [-0.15, -0.1) is 11.3 Å². The zero-order valence-electron chi connectivity index (χ0n) is 26.7. The summed E-state index contributed by atoms with van der Waals surface area (Å²) in [6, 6.07) is 54.6. The summed E-state index contributed by atoms with van der Waals surface area (Å²) >= 11 is 1.83. The minimum atomic E-state index is 0.673. The Bertz CT molecular complexity index is 2860. The van der Waals surface area contributed by atoms with Gasteiger partial charge < -0.3 is 4.42 Å². The Hall–Kier alpha value is -6.43. The number of aromatic nitrogens is 3. The zero-order chi connectivity index (χ0) is 33.0. The first-order valence-electron chi connectivity index (χ1n) is 16.6. The molecule has 0 amide bonds. The van der Waals surface area contributed by atoms with Gasteiger partial charge in [-0.25, -0.2) is 9.97 Å². The van der Waals surface area contributed by atoms with Crippen LogP contribution in [0, 0.1) is 0 Å². The van der Waals surface area contributed by atoms with Gasteiger partial charge in [0.1, 0.15) is 11.2 Å². The molecule has 234 valence electrons. The molecule has 4 nitrogen and oxygen atoms in total. The van der Waals surface area contributed by atoms with Crippen molar-refractivity contribution in [3.63, 3.8) is 0 Å². The van der Waals surface area contributed by atoms with E-state index in [9.17, 15) is 0 Å². The molecule has 4 heterocycles. The van der Waals surface area contributed by atoms with Gasteiger partial charge in [-0.3, -0.25) is 4.98 Å². The largest absolute Gasteiger partial charge is 0.455 e. The van der Waals surface area contributed by atoms with E-state index in [1.165, 1.54) is 20.2 Å². The molecule has 0 aliphatic carbocycles. The van der Waals surface area contributed by atoms with E-state index in [-0.39, 0.29) is 0 Å². The average Bonchev–Trinajstić information content (AvgIpc) is 3.77. The first kappa shape index (κ1) is 28.6. The van der Waals surface area contributed by atoms with Gasteiger partial charge in [-0.05, 0) is 48.0 Å². The lowest BCUT2D eigenvalue weighted by atomic mass is 9.94. The molecule has 10 aromatic rings. The van der Waals surface area contributed by atoms with Crippen LogP contribution in [0.2, 0.25) is 0 Å². The SMILES string of the molecule is c1ccc(-c2nc(-c3ccc(-c4ccccn4)cc3)cc(-c3ccc(-c4cccc5sc6ccccc6c45)c4oc5ccccc5c34)n2)cc1. The van der Waals surface area contributed by atoms with E-state index < -0.39 is 0 Å². The van der Waals surface area contributed by atoms with Gasteiger partial charge in [-0.1, -0.05) is 115 Å². The third-order valence-electron chi connectivity index (χ3n) is 9.39. The highest BCUT2D eigenvalue weighted by molar-refractivity contribution is 7.25. The number of pyridine rings is 1. The number of hydrogen-bond donors (Lipinski definition) is 0. The normalized spacial score (nSPS) is 11.6. The molecule has 0 spiro atoms. The maximum Gasteiger partial charge on any atom is 0.160 e. The van der Waals surface area contributed by atoms with Gasteiger partial charge in [-0.2, -0.15) is 0 Å². The van der Waals surface area contributed by atoms with Crippen LogP contribution >= 0.6 is 11.3 Å². The van der Waals surface area contributed by atoms with E-state index in [0.29, 0.717) is 5.82 Å². The van der Waals surface area contributed by atoms with Crippen molar-refractivity contribution in [1.82, 2.24) is 15.0 Å². The highest BCUT2D eigenvalue weighted by Gasteiger charge is 2.21. The molecule has 0 saturated carbocycles. The van der Waals surface area contributed by atoms with Crippen LogP contribution in [-0.4, -0.2) is 15.0 Å². The van der Waals surface area contributed by atoms with Crippen LogP contribution in [0.1, 0.15) is 0 Å². The Morgan fingerprint density at radius 1 is 0.440 bits per heavy atom. The molecule has 4 aromatic heterocycles. The molecule has 6 aromatic carbocycles. The summed E-state index contributed by atoms with van der Waals surface area (Å²) in [5, 5.41) is 4.62. The summed E-state index contributed by atoms with van der Waals surface area (Å²) in [6.45, 7) is 0. The number of benzene rings is 6. The lowest BCUT2D eigenvalue weighted by Gasteiger charge is -2.12. The second kappa shape index (κ2) is 11.6. The molecule has 5 heteroatoms. The molecule has 0 radical (unpaired) electrons. The van der Waals surface area contributed by atoms with Crippen molar-refractivity contribution in [2.45, 2.75) is 0 Å². The Morgan fingerprint density at radius 2 is 1.14 bits per heavy atom. The molecular weight excluding hydrogens is 631 g/mol. The molecule has 0 bridgehead atoms. The molecule has 0 atom stereocenters. The third kappa shape index (κ3) is 4.71. The third-order valence-corrected chi connectivity index (χ3v) is 10.5. The van der Waals surface area contributed by atoms with E-state index in [0.717, 1.165) is 72.4 Å². The first-order valence-corrected chi connectivity index (χ1v) is 17.4. The lowest BCUT2D eigenvalue weighted by molar-refractivity contribution is 0.670. The number of fused-ring (bicyclic) bond motifs is 6. The summed E-state index contributed by atoms with van der Waals surface area (Å²) in [4.78, 5) is 14.9. The summed E-state index contributed by atoms with van der Waals surface area (Å²) in [7, 11) is 0. The Morgan fingerprint density at radius 3 is 1.98 bits per heavy atom. The fourth-order valence-corrected chi connectivity index (χ4v) is 8.18. The van der Waals surface area contributed by atoms with Gasteiger partial charge in [0, 0.05) is 65.0 Å².